The van der Waals surface area contributed by atoms with E-state index in [1.165, 1.54) is 11.8 Å². The highest BCUT2D eigenvalue weighted by molar-refractivity contribution is 7.99. The van der Waals surface area contributed by atoms with Crippen LogP contribution in [0, 0.1) is 0 Å². The Labute approximate surface area is 144 Å². The topological polar surface area (TPSA) is 102 Å². The summed E-state index contributed by atoms with van der Waals surface area (Å²) in [5.74, 6) is 0.389. The van der Waals surface area contributed by atoms with E-state index in [-0.39, 0.29) is 17.7 Å². The monoisotopic (exact) mass is 348 g/mol. The third kappa shape index (κ3) is 4.79. The Morgan fingerprint density at radius 1 is 1.29 bits per heavy atom. The van der Waals surface area contributed by atoms with E-state index in [0.29, 0.717) is 11.0 Å². The average Bonchev–Trinajstić information content (AvgIpc) is 2.94. The van der Waals surface area contributed by atoms with Gasteiger partial charge in [0, 0.05) is 31.0 Å². The first kappa shape index (κ1) is 17.9. The van der Waals surface area contributed by atoms with E-state index >= 15 is 0 Å². The molecule has 128 valence electrons. The molecule has 0 fully saturated rings. The molecule has 0 aliphatic heterocycles. The summed E-state index contributed by atoms with van der Waals surface area (Å²) >= 11 is 1.22. The van der Waals surface area contributed by atoms with Crippen LogP contribution in [-0.2, 0) is 11.8 Å². The average molecular weight is 348 g/mol. The van der Waals surface area contributed by atoms with Crippen molar-refractivity contribution in [1.29, 1.82) is 0 Å². The molecule has 0 aliphatic rings. The van der Waals surface area contributed by atoms with E-state index in [4.69, 9.17) is 0 Å². The second-order valence-electron chi connectivity index (χ2n) is 5.22. The molecule has 0 unspecified atom stereocenters. The van der Waals surface area contributed by atoms with Crippen LogP contribution in [0.2, 0.25) is 0 Å². The Kier molecular flexibility index (Phi) is 6.30. The summed E-state index contributed by atoms with van der Waals surface area (Å²) in [7, 11) is 1.83. The van der Waals surface area contributed by atoms with Gasteiger partial charge in [0.05, 0.1) is 5.75 Å². The zero-order valence-electron chi connectivity index (χ0n) is 13.8. The van der Waals surface area contributed by atoms with Gasteiger partial charge in [-0.2, -0.15) is 0 Å². The molecule has 0 saturated heterocycles. The summed E-state index contributed by atoms with van der Waals surface area (Å²) in [4.78, 5) is 27.4. The molecular weight excluding hydrogens is 328 g/mol. The van der Waals surface area contributed by atoms with Crippen molar-refractivity contribution < 1.29 is 9.59 Å². The van der Waals surface area contributed by atoms with Gasteiger partial charge < -0.3 is 9.88 Å². The fraction of sp³-hybridized carbons (Fsp3) is 0.400. The predicted molar refractivity (Wildman–Crippen MR) is 91.4 cm³/mol. The summed E-state index contributed by atoms with van der Waals surface area (Å²) in [6, 6.07) is 3.21. The highest BCUT2D eigenvalue weighted by Crippen LogP contribution is 2.21. The van der Waals surface area contributed by atoms with Gasteiger partial charge in [-0.1, -0.05) is 18.7 Å². The summed E-state index contributed by atoms with van der Waals surface area (Å²) < 4.78 is 1.80. The molecule has 24 heavy (non-hydrogen) atoms. The van der Waals surface area contributed by atoms with Gasteiger partial charge in [0.2, 0.25) is 5.91 Å². The third-order valence-corrected chi connectivity index (χ3v) is 4.37. The fourth-order valence-electron chi connectivity index (χ4n) is 1.85. The quantitative estimate of drug-likeness (QED) is 0.769. The van der Waals surface area contributed by atoms with Crippen LogP contribution < -0.4 is 10.6 Å². The summed E-state index contributed by atoms with van der Waals surface area (Å²) in [6.07, 6.45) is 4.16. The Morgan fingerprint density at radius 3 is 2.67 bits per heavy atom. The van der Waals surface area contributed by atoms with Crippen LogP contribution >= 0.6 is 11.8 Å². The second-order valence-corrected chi connectivity index (χ2v) is 6.16. The molecule has 2 heterocycles. The lowest BCUT2D eigenvalue weighted by atomic mass is 10.2. The smallest absolute Gasteiger partial charge is 0.321 e. The van der Waals surface area contributed by atoms with Gasteiger partial charge in [-0.3, -0.25) is 15.1 Å². The van der Waals surface area contributed by atoms with Crippen molar-refractivity contribution in [2.45, 2.75) is 31.5 Å². The number of hydrogen-bond donors (Lipinski definition) is 2. The first-order chi connectivity index (χ1) is 11.5. The number of carbonyl (C=O) groups is 2. The lowest BCUT2D eigenvalue weighted by Crippen LogP contribution is -2.43. The molecule has 0 bridgehead atoms. The number of nitrogens with one attached hydrogen (secondary N) is 2. The van der Waals surface area contributed by atoms with Gasteiger partial charge >= 0.3 is 6.03 Å². The third-order valence-electron chi connectivity index (χ3n) is 3.35. The Balaban J connectivity index is 1.90. The normalized spacial score (nSPS) is 11.8. The number of urea groups is 1. The van der Waals surface area contributed by atoms with Crippen molar-refractivity contribution in [3.8, 4) is 11.4 Å². The van der Waals surface area contributed by atoms with E-state index in [1.54, 1.807) is 17.0 Å². The van der Waals surface area contributed by atoms with Crippen molar-refractivity contribution in [1.82, 2.24) is 30.4 Å². The van der Waals surface area contributed by atoms with E-state index < -0.39 is 6.03 Å². The molecule has 3 amide bonds. The number of amides is 3. The minimum absolute atomic E-state index is 0.0205. The van der Waals surface area contributed by atoms with Crippen LogP contribution in [-0.4, -0.2) is 43.5 Å². The molecule has 2 N–H and O–H groups in total. The largest absolute Gasteiger partial charge is 0.335 e. The number of pyridine rings is 1. The van der Waals surface area contributed by atoms with Crippen LogP contribution in [0.15, 0.2) is 29.7 Å². The molecule has 0 spiro atoms. The molecule has 0 radical (unpaired) electrons. The lowest BCUT2D eigenvalue weighted by Gasteiger charge is -2.11. The minimum Gasteiger partial charge on any atom is -0.335 e. The van der Waals surface area contributed by atoms with Gasteiger partial charge in [-0.25, -0.2) is 4.79 Å². The predicted octanol–water partition coefficient (Wildman–Crippen LogP) is 1.59. The first-order valence-corrected chi connectivity index (χ1v) is 8.52. The van der Waals surface area contributed by atoms with Crippen molar-refractivity contribution in [2.75, 3.05) is 5.75 Å². The number of thioether (sulfide) groups is 1. The van der Waals surface area contributed by atoms with E-state index in [2.05, 4.69) is 25.8 Å². The van der Waals surface area contributed by atoms with Gasteiger partial charge in [0.1, 0.15) is 0 Å². The number of rotatable bonds is 6. The molecule has 2 aromatic rings. The van der Waals surface area contributed by atoms with E-state index in [9.17, 15) is 9.59 Å². The number of aromatic nitrogens is 4. The van der Waals surface area contributed by atoms with E-state index in [1.807, 2.05) is 33.0 Å². The second kappa shape index (κ2) is 8.44. The van der Waals surface area contributed by atoms with Crippen LogP contribution in [0.3, 0.4) is 0 Å². The molecule has 0 aromatic carbocycles. The van der Waals surface area contributed by atoms with Gasteiger partial charge in [0.25, 0.3) is 0 Å². The zero-order valence-corrected chi connectivity index (χ0v) is 14.6. The highest BCUT2D eigenvalue weighted by Gasteiger charge is 2.14. The van der Waals surface area contributed by atoms with Crippen LogP contribution in [0.1, 0.15) is 20.3 Å². The van der Waals surface area contributed by atoms with Gasteiger partial charge in [0.15, 0.2) is 11.0 Å². The summed E-state index contributed by atoms with van der Waals surface area (Å²) in [5, 5.41) is 13.8. The Morgan fingerprint density at radius 2 is 2.00 bits per heavy atom. The van der Waals surface area contributed by atoms with Crippen LogP contribution in [0.25, 0.3) is 11.4 Å². The number of carbonyl (C=O) groups excluding carboxylic acids is 2. The number of imide groups is 1. The van der Waals surface area contributed by atoms with Gasteiger partial charge in [-0.15, -0.1) is 10.2 Å². The Hall–Kier alpha value is -2.42. The van der Waals surface area contributed by atoms with Crippen molar-refractivity contribution in [2.24, 2.45) is 7.05 Å². The maximum Gasteiger partial charge on any atom is 0.321 e. The molecule has 2 aromatic heterocycles. The van der Waals surface area contributed by atoms with Crippen molar-refractivity contribution >= 4 is 23.7 Å². The minimum atomic E-state index is -0.481. The number of nitrogens with zero attached hydrogens (tertiary/aromatic N) is 4. The molecule has 2 rings (SSSR count). The van der Waals surface area contributed by atoms with E-state index in [0.717, 1.165) is 12.0 Å². The SMILES string of the molecule is CC[C@H](C)NC(=O)NC(=O)CSc1nnc(-c2ccncc2)n1C. The molecule has 1 atom stereocenters. The molecule has 8 nitrogen and oxygen atoms in total. The molecule has 0 aliphatic carbocycles. The summed E-state index contributed by atoms with van der Waals surface area (Å²) in [5.41, 5.74) is 0.893. The first-order valence-electron chi connectivity index (χ1n) is 7.54. The van der Waals surface area contributed by atoms with Gasteiger partial charge in [-0.05, 0) is 25.5 Å². The lowest BCUT2D eigenvalue weighted by molar-refractivity contribution is -0.117. The number of hydrogen-bond acceptors (Lipinski definition) is 6. The maximum absolute atomic E-state index is 11.8. The zero-order chi connectivity index (χ0) is 17.5. The summed E-state index contributed by atoms with van der Waals surface area (Å²) in [6.45, 7) is 3.83. The van der Waals surface area contributed by atoms with Crippen LogP contribution in [0.5, 0.6) is 0 Å². The molecular formula is C15H20N6O2S. The fourth-order valence-corrected chi connectivity index (χ4v) is 2.56. The highest BCUT2D eigenvalue weighted by atomic mass is 32.2. The van der Waals surface area contributed by atoms with Crippen molar-refractivity contribution in [3.05, 3.63) is 24.5 Å². The van der Waals surface area contributed by atoms with Crippen LogP contribution in [0.4, 0.5) is 4.79 Å². The molecule has 9 heteroatoms. The maximum atomic E-state index is 11.8. The van der Waals surface area contributed by atoms with Crippen molar-refractivity contribution in [3.63, 3.8) is 0 Å². The molecule has 0 saturated carbocycles. The Bertz CT molecular complexity index is 703. The standard InChI is InChI=1S/C15H20N6O2S/c1-4-10(2)17-14(23)18-12(22)9-24-15-20-19-13(21(15)3)11-5-7-16-8-6-11/h5-8,10H,4,9H2,1-3H3,(H2,17,18,22,23)/t10-/m0/s1.